The average molecular weight is 421 g/mol. The van der Waals surface area contributed by atoms with Crippen LogP contribution in [0.5, 0.6) is 0 Å². The lowest BCUT2D eigenvalue weighted by molar-refractivity contribution is 0.437. The molecule has 2 aromatic rings. The molecule has 0 bridgehead atoms. The van der Waals surface area contributed by atoms with Gasteiger partial charge in [-0.3, -0.25) is 4.31 Å². The van der Waals surface area contributed by atoms with E-state index in [1.165, 1.54) is 17.8 Å². The van der Waals surface area contributed by atoms with Crippen molar-refractivity contribution in [1.29, 1.82) is 0 Å². The van der Waals surface area contributed by atoms with Crippen molar-refractivity contribution in [2.45, 2.75) is 32.2 Å². The minimum Gasteiger partial charge on any atom is -0.419 e. The summed E-state index contributed by atoms with van der Waals surface area (Å²) in [6.07, 6.45) is 4.41. The first kappa shape index (κ1) is 20.1. The maximum atomic E-state index is 12.1. The third-order valence-corrected chi connectivity index (χ3v) is 7.02. The summed E-state index contributed by atoms with van der Waals surface area (Å²) in [7, 11) is 0.0222. The fourth-order valence-electron chi connectivity index (χ4n) is 3.64. The van der Waals surface area contributed by atoms with E-state index in [1.807, 2.05) is 13.1 Å². The second-order valence-corrected chi connectivity index (χ2v) is 10.3. The largest absolute Gasteiger partial charge is 0.419 e. The Morgan fingerprint density at radius 3 is 2.59 bits per heavy atom. The van der Waals surface area contributed by atoms with E-state index >= 15 is 0 Å². The van der Waals surface area contributed by atoms with Crippen LogP contribution in [0.4, 0.5) is 11.6 Å². The molecule has 9 nitrogen and oxygen atoms in total. The van der Waals surface area contributed by atoms with Gasteiger partial charge in [-0.1, -0.05) is 6.92 Å². The molecule has 0 spiro atoms. The van der Waals surface area contributed by atoms with Crippen LogP contribution in [-0.4, -0.2) is 57.0 Å². The molecule has 0 radical (unpaired) electrons. The number of hydrogen-bond donors (Lipinski definition) is 1. The Morgan fingerprint density at radius 2 is 1.97 bits per heavy atom. The fourth-order valence-corrected chi connectivity index (χ4v) is 4.07. The fraction of sp³-hybridized carbons (Fsp3) is 0.632. The molecule has 1 aliphatic carbocycles. The molecular weight excluding hydrogens is 392 g/mol. The normalized spacial score (nSPS) is 23.9. The highest BCUT2D eigenvalue weighted by Crippen LogP contribution is 2.39. The molecule has 3 heterocycles. The summed E-state index contributed by atoms with van der Waals surface area (Å²) in [5.74, 6) is 3.31. The first-order valence-electron chi connectivity index (χ1n) is 9.96. The molecule has 29 heavy (non-hydrogen) atoms. The lowest BCUT2D eigenvalue weighted by Gasteiger charge is -2.22. The zero-order valence-corrected chi connectivity index (χ0v) is 18.1. The zero-order valence-electron chi connectivity index (χ0n) is 17.3. The van der Waals surface area contributed by atoms with Gasteiger partial charge < -0.3 is 14.6 Å². The number of anilines is 2. The highest BCUT2D eigenvalue weighted by Gasteiger charge is 2.33. The number of hydrogen-bond acceptors (Lipinski definition) is 8. The third-order valence-electron chi connectivity index (χ3n) is 5.84. The van der Waals surface area contributed by atoms with Gasteiger partial charge in [-0.25, -0.2) is 13.4 Å². The van der Waals surface area contributed by atoms with Crippen LogP contribution in [0.2, 0.25) is 0 Å². The van der Waals surface area contributed by atoms with Crippen molar-refractivity contribution in [1.82, 2.24) is 20.5 Å². The zero-order chi connectivity index (χ0) is 20.8. The predicted molar refractivity (Wildman–Crippen MR) is 111 cm³/mol. The average Bonchev–Trinajstić information content (AvgIpc) is 3.14. The summed E-state index contributed by atoms with van der Waals surface area (Å²) in [6, 6.07) is 3.64. The van der Waals surface area contributed by atoms with Crippen molar-refractivity contribution in [3.63, 3.8) is 0 Å². The van der Waals surface area contributed by atoms with E-state index in [2.05, 4.69) is 32.3 Å². The van der Waals surface area contributed by atoms with E-state index < -0.39 is 10.0 Å². The van der Waals surface area contributed by atoms with E-state index in [0.717, 1.165) is 38.1 Å². The van der Waals surface area contributed by atoms with Crippen LogP contribution >= 0.6 is 0 Å². The van der Waals surface area contributed by atoms with Gasteiger partial charge in [-0.2, -0.15) is 0 Å². The quantitative estimate of drug-likeness (QED) is 0.726. The van der Waals surface area contributed by atoms with Crippen LogP contribution in [0.25, 0.3) is 11.5 Å². The van der Waals surface area contributed by atoms with E-state index in [1.54, 1.807) is 6.07 Å². The maximum Gasteiger partial charge on any atom is 0.248 e. The molecular formula is C19H28N6O3S. The molecule has 2 fully saturated rings. The van der Waals surface area contributed by atoms with Gasteiger partial charge in [0.2, 0.25) is 21.8 Å². The monoisotopic (exact) mass is 420 g/mol. The molecule has 0 amide bonds. The van der Waals surface area contributed by atoms with Crippen molar-refractivity contribution in [3.8, 4) is 11.5 Å². The highest BCUT2D eigenvalue weighted by molar-refractivity contribution is 7.92. The van der Waals surface area contributed by atoms with Gasteiger partial charge in [0, 0.05) is 26.2 Å². The van der Waals surface area contributed by atoms with Crippen molar-refractivity contribution >= 4 is 21.7 Å². The molecule has 158 valence electrons. The molecule has 3 atom stereocenters. The lowest BCUT2D eigenvalue weighted by Crippen LogP contribution is -2.27. The van der Waals surface area contributed by atoms with E-state index in [0.29, 0.717) is 34.9 Å². The minimum atomic E-state index is -3.45. The topological polar surface area (TPSA) is 104 Å². The Labute approximate surface area is 171 Å². The number of aromatic nitrogens is 3. The van der Waals surface area contributed by atoms with Gasteiger partial charge in [-0.05, 0) is 49.8 Å². The number of nitrogens with one attached hydrogen (secondary N) is 1. The molecule has 1 saturated carbocycles. The summed E-state index contributed by atoms with van der Waals surface area (Å²) in [5, 5.41) is 11.7. The second-order valence-electron chi connectivity index (χ2n) is 8.25. The Hall–Kier alpha value is -2.20. The van der Waals surface area contributed by atoms with Crippen molar-refractivity contribution < 1.29 is 12.8 Å². The number of sulfonamides is 1. The molecule has 1 N–H and O–H groups in total. The van der Waals surface area contributed by atoms with Gasteiger partial charge in [-0.15, -0.1) is 10.2 Å². The summed E-state index contributed by atoms with van der Waals surface area (Å²) in [6.45, 7) is 4.05. The van der Waals surface area contributed by atoms with Crippen molar-refractivity contribution in [3.05, 3.63) is 18.0 Å². The van der Waals surface area contributed by atoms with Crippen molar-refractivity contribution in [2.75, 3.05) is 42.6 Å². The standard InChI is InChI=1S/C19H28N6O3S/c1-12-8-14(12)11-24(2)16-9-13(10-17(21-16)25(3)29(4,26)27)18-22-23-19(28-18)15-6-5-7-20-15/h9-10,12,14-15,20H,5-8,11H2,1-4H3. The Morgan fingerprint density at radius 1 is 1.24 bits per heavy atom. The summed E-state index contributed by atoms with van der Waals surface area (Å²) in [5.41, 5.74) is 0.660. The van der Waals surface area contributed by atoms with Crippen LogP contribution in [0.1, 0.15) is 38.1 Å². The molecule has 2 aliphatic rings. The van der Waals surface area contributed by atoms with E-state index in [9.17, 15) is 8.42 Å². The van der Waals surface area contributed by atoms with Gasteiger partial charge in [0.25, 0.3) is 0 Å². The SMILES string of the molecule is CC1CC1CN(C)c1cc(-c2nnc(C3CCCN3)o2)cc(N(C)S(C)(=O)=O)n1. The van der Waals surface area contributed by atoms with Gasteiger partial charge in [0.15, 0.2) is 0 Å². The second kappa shape index (κ2) is 7.56. The first-order chi connectivity index (χ1) is 13.7. The van der Waals surface area contributed by atoms with Crippen LogP contribution < -0.4 is 14.5 Å². The number of pyridine rings is 1. The Kier molecular flexibility index (Phi) is 5.24. The summed E-state index contributed by atoms with van der Waals surface area (Å²) >= 11 is 0. The van der Waals surface area contributed by atoms with Crippen LogP contribution in [-0.2, 0) is 10.0 Å². The molecule has 0 aromatic carbocycles. The number of nitrogens with zero attached hydrogens (tertiary/aromatic N) is 5. The van der Waals surface area contributed by atoms with Gasteiger partial charge in [0.05, 0.1) is 12.3 Å². The van der Waals surface area contributed by atoms with Gasteiger partial charge in [0.1, 0.15) is 11.6 Å². The molecule has 3 unspecified atom stereocenters. The smallest absolute Gasteiger partial charge is 0.248 e. The van der Waals surface area contributed by atoms with Crippen LogP contribution in [0, 0.1) is 11.8 Å². The molecule has 1 aliphatic heterocycles. The van der Waals surface area contributed by atoms with Crippen LogP contribution in [0.15, 0.2) is 16.5 Å². The maximum absolute atomic E-state index is 12.1. The van der Waals surface area contributed by atoms with Gasteiger partial charge >= 0.3 is 0 Å². The van der Waals surface area contributed by atoms with E-state index in [4.69, 9.17) is 4.42 Å². The summed E-state index contributed by atoms with van der Waals surface area (Å²) in [4.78, 5) is 6.65. The van der Waals surface area contributed by atoms with E-state index in [-0.39, 0.29) is 6.04 Å². The Bertz CT molecular complexity index is 986. The molecule has 2 aromatic heterocycles. The third kappa shape index (κ3) is 4.37. The van der Waals surface area contributed by atoms with Crippen LogP contribution in [0.3, 0.4) is 0 Å². The molecule has 1 saturated heterocycles. The highest BCUT2D eigenvalue weighted by atomic mass is 32.2. The van der Waals surface area contributed by atoms with Crippen molar-refractivity contribution in [2.24, 2.45) is 11.8 Å². The Balaban J connectivity index is 1.69. The molecule has 4 rings (SSSR count). The lowest BCUT2D eigenvalue weighted by atomic mass is 10.2. The number of rotatable bonds is 7. The minimum absolute atomic E-state index is 0.0785. The predicted octanol–water partition coefficient (Wildman–Crippen LogP) is 2.04. The first-order valence-corrected chi connectivity index (χ1v) is 11.8. The summed E-state index contributed by atoms with van der Waals surface area (Å²) < 4.78 is 31.3. The molecule has 10 heteroatoms.